The van der Waals surface area contributed by atoms with Crippen LogP contribution in [-0.2, 0) is 9.53 Å². The lowest BCUT2D eigenvalue weighted by Gasteiger charge is -2.20. The highest BCUT2D eigenvalue weighted by Gasteiger charge is 2.40. The van der Waals surface area contributed by atoms with Gasteiger partial charge in [0.25, 0.3) is 0 Å². The Morgan fingerprint density at radius 1 is 1.43 bits per heavy atom. The van der Waals surface area contributed by atoms with Crippen molar-refractivity contribution >= 4 is 28.8 Å². The number of benzene rings is 1. The summed E-state index contributed by atoms with van der Waals surface area (Å²) in [4.78, 5) is 28.9. The Morgan fingerprint density at radius 3 is 2.90 bits per heavy atom. The number of cyclic esters (lactones) is 1. The third-order valence-electron chi connectivity index (χ3n) is 3.37. The summed E-state index contributed by atoms with van der Waals surface area (Å²) in [6.45, 7) is 4.95. The Bertz CT molecular complexity index is 724. The maximum atomic E-state index is 12.0. The molecule has 0 bridgehead atoms. The van der Waals surface area contributed by atoms with Gasteiger partial charge in [-0.25, -0.2) is 9.78 Å². The lowest BCUT2D eigenvalue weighted by atomic mass is 10.2. The first-order valence-electron chi connectivity index (χ1n) is 6.60. The largest absolute Gasteiger partial charge is 0.441 e. The Kier molecular flexibility index (Phi) is 3.04. The monoisotopic (exact) mass is 289 g/mol. The van der Waals surface area contributed by atoms with Crippen molar-refractivity contribution in [3.63, 3.8) is 0 Å². The quantitative estimate of drug-likeness (QED) is 0.913. The average molecular weight is 289 g/mol. The molecule has 2 aromatic rings. The normalized spacial score (nSPS) is 21.7. The van der Waals surface area contributed by atoms with Gasteiger partial charge in [-0.05, 0) is 19.1 Å². The van der Waals surface area contributed by atoms with Crippen molar-refractivity contribution in [2.24, 2.45) is 0 Å². The van der Waals surface area contributed by atoms with Crippen LogP contribution in [0.2, 0.25) is 0 Å². The lowest BCUT2D eigenvalue weighted by Crippen LogP contribution is -2.43. The predicted molar refractivity (Wildman–Crippen MR) is 74.8 cm³/mol. The van der Waals surface area contributed by atoms with Crippen molar-refractivity contribution in [1.82, 2.24) is 10.3 Å². The number of hydrogen-bond acceptors (Lipinski definition) is 5. The molecule has 0 aliphatic carbocycles. The minimum atomic E-state index is -0.665. The van der Waals surface area contributed by atoms with E-state index in [1.165, 1.54) is 11.8 Å². The maximum Gasteiger partial charge on any atom is 0.416 e. The van der Waals surface area contributed by atoms with Gasteiger partial charge in [0.2, 0.25) is 5.91 Å². The molecule has 1 aromatic carbocycles. The van der Waals surface area contributed by atoms with E-state index in [-0.39, 0.29) is 11.9 Å². The van der Waals surface area contributed by atoms with E-state index >= 15 is 0 Å². The fourth-order valence-corrected chi connectivity index (χ4v) is 2.43. The predicted octanol–water partition coefficient (Wildman–Crippen LogP) is 1.94. The second-order valence-corrected chi connectivity index (χ2v) is 5.00. The molecule has 1 fully saturated rings. The molecule has 1 aliphatic heterocycles. The van der Waals surface area contributed by atoms with Crippen LogP contribution in [0.25, 0.3) is 11.1 Å². The van der Waals surface area contributed by atoms with Crippen LogP contribution in [0.3, 0.4) is 0 Å². The molecule has 1 N–H and O–H groups in total. The lowest BCUT2D eigenvalue weighted by molar-refractivity contribution is -0.121. The summed E-state index contributed by atoms with van der Waals surface area (Å²) in [6, 6.07) is 4.98. The van der Waals surface area contributed by atoms with E-state index in [2.05, 4.69) is 10.3 Å². The number of ether oxygens (including phenoxy) is 1. The van der Waals surface area contributed by atoms with E-state index in [9.17, 15) is 9.59 Å². The molecule has 0 spiro atoms. The highest BCUT2D eigenvalue weighted by Crippen LogP contribution is 2.29. The zero-order chi connectivity index (χ0) is 15.1. The number of hydrogen-bond donors (Lipinski definition) is 1. The van der Waals surface area contributed by atoms with E-state index in [0.717, 1.165) is 5.52 Å². The summed E-state index contributed by atoms with van der Waals surface area (Å²) < 4.78 is 10.6. The van der Waals surface area contributed by atoms with Crippen LogP contribution in [0.5, 0.6) is 0 Å². The van der Waals surface area contributed by atoms with E-state index in [4.69, 9.17) is 9.15 Å². The van der Waals surface area contributed by atoms with Gasteiger partial charge in [0.15, 0.2) is 17.7 Å². The van der Waals surface area contributed by atoms with Crippen molar-refractivity contribution in [2.75, 3.05) is 4.90 Å². The number of anilines is 1. The standard InChI is InChI=1S/C14H15N3O4/c1-7-13(15-8(2)18)21-14(19)17(7)10-4-5-11-12(6-10)20-9(3)16-11/h4-7,13H,1-3H3,(H,15,18)/t7?,13-/m0/s1. The topological polar surface area (TPSA) is 84.7 Å². The van der Waals surface area contributed by atoms with Crippen LogP contribution in [0.15, 0.2) is 22.6 Å². The van der Waals surface area contributed by atoms with E-state index < -0.39 is 12.3 Å². The van der Waals surface area contributed by atoms with Gasteiger partial charge in [-0.1, -0.05) is 0 Å². The van der Waals surface area contributed by atoms with Crippen LogP contribution >= 0.6 is 0 Å². The summed E-state index contributed by atoms with van der Waals surface area (Å²) in [7, 11) is 0. The fourth-order valence-electron chi connectivity index (χ4n) is 2.43. The number of carbonyl (C=O) groups is 2. The molecule has 0 saturated carbocycles. The SMILES string of the molecule is CC(=O)N[C@H]1OC(=O)N(c2ccc3nc(C)oc3c2)C1C. The van der Waals surface area contributed by atoms with E-state index in [1.54, 1.807) is 32.0 Å². The van der Waals surface area contributed by atoms with Crippen molar-refractivity contribution in [3.05, 3.63) is 24.1 Å². The summed E-state index contributed by atoms with van der Waals surface area (Å²) in [5.74, 6) is 0.318. The second kappa shape index (κ2) is 4.76. The van der Waals surface area contributed by atoms with Gasteiger partial charge in [-0.3, -0.25) is 9.69 Å². The zero-order valence-electron chi connectivity index (χ0n) is 11.9. The molecule has 7 nitrogen and oxygen atoms in total. The first-order chi connectivity index (χ1) is 9.95. The molecule has 7 heteroatoms. The molecule has 2 atom stereocenters. The molecule has 110 valence electrons. The number of aryl methyl sites for hydroxylation is 1. The summed E-state index contributed by atoms with van der Waals surface area (Å²) >= 11 is 0. The number of oxazole rings is 1. The Morgan fingerprint density at radius 2 is 2.19 bits per heavy atom. The number of rotatable bonds is 2. The third-order valence-corrected chi connectivity index (χ3v) is 3.37. The van der Waals surface area contributed by atoms with Crippen molar-refractivity contribution in [2.45, 2.75) is 33.0 Å². The average Bonchev–Trinajstić information content (AvgIpc) is 2.88. The van der Waals surface area contributed by atoms with Crippen molar-refractivity contribution in [3.8, 4) is 0 Å². The van der Waals surface area contributed by atoms with Crippen LogP contribution in [0.4, 0.5) is 10.5 Å². The summed E-state index contributed by atoms with van der Waals surface area (Å²) in [5, 5.41) is 2.60. The number of amides is 2. The van der Waals surface area contributed by atoms with Crippen molar-refractivity contribution in [1.29, 1.82) is 0 Å². The van der Waals surface area contributed by atoms with Gasteiger partial charge in [-0.15, -0.1) is 0 Å². The fraction of sp³-hybridized carbons (Fsp3) is 0.357. The van der Waals surface area contributed by atoms with Gasteiger partial charge < -0.3 is 14.5 Å². The van der Waals surface area contributed by atoms with Gasteiger partial charge in [0.05, 0.1) is 11.7 Å². The van der Waals surface area contributed by atoms with Gasteiger partial charge in [-0.2, -0.15) is 0 Å². The first kappa shape index (κ1) is 13.4. The van der Waals surface area contributed by atoms with Crippen LogP contribution in [0.1, 0.15) is 19.7 Å². The molecule has 0 radical (unpaired) electrons. The molecule has 3 rings (SSSR count). The number of carbonyl (C=O) groups excluding carboxylic acids is 2. The molecular formula is C14H15N3O4. The highest BCUT2D eigenvalue weighted by atomic mass is 16.6. The Labute approximate surface area is 120 Å². The zero-order valence-corrected chi connectivity index (χ0v) is 11.9. The van der Waals surface area contributed by atoms with Crippen LogP contribution in [0, 0.1) is 6.92 Å². The van der Waals surface area contributed by atoms with E-state index in [0.29, 0.717) is 17.2 Å². The van der Waals surface area contributed by atoms with Crippen molar-refractivity contribution < 1.29 is 18.7 Å². The van der Waals surface area contributed by atoms with Crippen LogP contribution < -0.4 is 10.2 Å². The Hall–Kier alpha value is -2.57. The Balaban J connectivity index is 1.93. The second-order valence-electron chi connectivity index (χ2n) is 5.00. The number of aromatic nitrogens is 1. The molecule has 1 aromatic heterocycles. The molecule has 1 unspecified atom stereocenters. The van der Waals surface area contributed by atoms with E-state index in [1.807, 2.05) is 0 Å². The van der Waals surface area contributed by atoms with Gasteiger partial charge in [0.1, 0.15) is 5.52 Å². The number of nitrogens with one attached hydrogen (secondary N) is 1. The summed E-state index contributed by atoms with van der Waals surface area (Å²) in [6.07, 6.45) is -1.17. The minimum absolute atomic E-state index is 0.247. The highest BCUT2D eigenvalue weighted by molar-refractivity contribution is 5.93. The molecule has 2 amide bonds. The smallest absolute Gasteiger partial charge is 0.416 e. The number of nitrogens with zero attached hydrogens (tertiary/aromatic N) is 2. The first-order valence-corrected chi connectivity index (χ1v) is 6.60. The molecule has 1 aliphatic rings. The molecule has 21 heavy (non-hydrogen) atoms. The van der Waals surface area contributed by atoms with Crippen LogP contribution in [-0.4, -0.2) is 29.3 Å². The molecule has 2 heterocycles. The number of fused-ring (bicyclic) bond motifs is 1. The van der Waals surface area contributed by atoms with Gasteiger partial charge in [0, 0.05) is 19.9 Å². The molecular weight excluding hydrogens is 274 g/mol. The minimum Gasteiger partial charge on any atom is -0.441 e. The molecule has 1 saturated heterocycles. The third kappa shape index (κ3) is 2.31. The maximum absolute atomic E-state index is 12.0. The van der Waals surface area contributed by atoms with Gasteiger partial charge >= 0.3 is 6.09 Å². The summed E-state index contributed by atoms with van der Waals surface area (Å²) in [5.41, 5.74) is 1.98.